The highest BCUT2D eigenvalue weighted by molar-refractivity contribution is 5.81. The maximum atomic E-state index is 5.91. The van der Waals surface area contributed by atoms with E-state index >= 15 is 0 Å². The van der Waals surface area contributed by atoms with Crippen LogP contribution in [-0.2, 0) is 0 Å². The number of rotatable bonds is 2. The highest BCUT2D eigenvalue weighted by Gasteiger charge is 2.26. The third-order valence-corrected chi connectivity index (χ3v) is 4.33. The maximum absolute atomic E-state index is 5.91. The van der Waals surface area contributed by atoms with Crippen molar-refractivity contribution in [2.24, 2.45) is 5.92 Å². The Kier molecular flexibility index (Phi) is 2.98. The number of anilines is 1. The van der Waals surface area contributed by atoms with Crippen molar-refractivity contribution in [1.82, 2.24) is 9.78 Å². The molecule has 1 saturated carbocycles. The maximum Gasteiger partial charge on any atom is 0.0706 e. The molecular formula is C15H21N3. The van der Waals surface area contributed by atoms with Gasteiger partial charge in [0.25, 0.3) is 0 Å². The molecule has 1 fully saturated rings. The number of benzene rings is 1. The van der Waals surface area contributed by atoms with Crippen LogP contribution >= 0.6 is 0 Å². The Morgan fingerprint density at radius 3 is 3.00 bits per heavy atom. The lowest BCUT2D eigenvalue weighted by Crippen LogP contribution is -2.23. The normalized spacial score (nSPS) is 24.5. The Bertz CT molecular complexity index is 544. The summed E-state index contributed by atoms with van der Waals surface area (Å²) in [6.07, 6.45) is 8.50. The van der Waals surface area contributed by atoms with Gasteiger partial charge in [0.15, 0.2) is 0 Å². The summed E-state index contributed by atoms with van der Waals surface area (Å²) in [7, 11) is 0. The Morgan fingerprint density at radius 1 is 1.33 bits per heavy atom. The van der Waals surface area contributed by atoms with Crippen molar-refractivity contribution in [1.29, 1.82) is 0 Å². The van der Waals surface area contributed by atoms with Crippen LogP contribution in [0.5, 0.6) is 0 Å². The van der Waals surface area contributed by atoms with Gasteiger partial charge in [0.2, 0.25) is 0 Å². The second-order valence-corrected chi connectivity index (χ2v) is 5.43. The average molecular weight is 243 g/mol. The summed E-state index contributed by atoms with van der Waals surface area (Å²) >= 11 is 0. The molecule has 3 nitrogen and oxygen atoms in total. The number of hydrogen-bond donors (Lipinski definition) is 1. The first-order chi connectivity index (χ1) is 8.79. The summed E-state index contributed by atoms with van der Waals surface area (Å²) in [5.41, 5.74) is 7.93. The summed E-state index contributed by atoms with van der Waals surface area (Å²) in [6, 6.07) is 6.64. The van der Waals surface area contributed by atoms with Crippen LogP contribution in [0, 0.1) is 5.92 Å². The minimum atomic E-state index is 0.558. The first-order valence-corrected chi connectivity index (χ1v) is 7.02. The molecule has 0 radical (unpaired) electrons. The van der Waals surface area contributed by atoms with E-state index in [-0.39, 0.29) is 0 Å². The molecule has 0 spiro atoms. The zero-order valence-electron chi connectivity index (χ0n) is 11.0. The summed E-state index contributed by atoms with van der Waals surface area (Å²) in [5, 5.41) is 5.82. The molecule has 0 aliphatic heterocycles. The van der Waals surface area contributed by atoms with E-state index in [2.05, 4.69) is 28.8 Å². The molecule has 96 valence electrons. The molecule has 1 aromatic carbocycles. The first-order valence-electron chi connectivity index (χ1n) is 7.02. The Balaban J connectivity index is 2.04. The summed E-state index contributed by atoms with van der Waals surface area (Å²) in [6.45, 7) is 2.29. The van der Waals surface area contributed by atoms with Gasteiger partial charge in [-0.2, -0.15) is 5.10 Å². The molecule has 3 heteroatoms. The van der Waals surface area contributed by atoms with Crippen LogP contribution in [0.1, 0.15) is 45.1 Å². The zero-order valence-corrected chi connectivity index (χ0v) is 11.0. The van der Waals surface area contributed by atoms with Crippen molar-refractivity contribution in [2.75, 3.05) is 5.73 Å². The first kappa shape index (κ1) is 11.6. The molecule has 18 heavy (non-hydrogen) atoms. The van der Waals surface area contributed by atoms with Gasteiger partial charge in [-0.25, -0.2) is 0 Å². The van der Waals surface area contributed by atoms with Crippen LogP contribution in [-0.4, -0.2) is 9.78 Å². The third kappa shape index (κ3) is 1.88. The number of aromatic nitrogens is 2. The van der Waals surface area contributed by atoms with Gasteiger partial charge in [-0.3, -0.25) is 4.68 Å². The van der Waals surface area contributed by atoms with Crippen LogP contribution in [0.4, 0.5) is 5.69 Å². The lowest BCUT2D eigenvalue weighted by atomic mass is 9.83. The Labute approximate surface area is 108 Å². The fourth-order valence-corrected chi connectivity index (χ4v) is 3.31. The van der Waals surface area contributed by atoms with Gasteiger partial charge in [0, 0.05) is 11.1 Å². The number of hydrogen-bond acceptors (Lipinski definition) is 2. The lowest BCUT2D eigenvalue weighted by molar-refractivity contribution is 0.222. The number of fused-ring (bicyclic) bond motifs is 1. The van der Waals surface area contributed by atoms with Gasteiger partial charge in [-0.05, 0) is 37.0 Å². The van der Waals surface area contributed by atoms with Crippen LogP contribution in [0.2, 0.25) is 0 Å². The van der Waals surface area contributed by atoms with Gasteiger partial charge in [0.05, 0.1) is 17.8 Å². The van der Waals surface area contributed by atoms with E-state index in [4.69, 9.17) is 5.73 Å². The molecule has 2 unspecified atom stereocenters. The van der Waals surface area contributed by atoms with Crippen molar-refractivity contribution < 1.29 is 0 Å². The molecule has 1 aliphatic carbocycles. The summed E-state index contributed by atoms with van der Waals surface area (Å²) < 4.78 is 2.22. The van der Waals surface area contributed by atoms with E-state index in [0.29, 0.717) is 6.04 Å². The predicted molar refractivity (Wildman–Crippen MR) is 75.4 cm³/mol. The molecule has 2 atom stereocenters. The average Bonchev–Trinajstić information content (AvgIpc) is 2.81. The van der Waals surface area contributed by atoms with Gasteiger partial charge >= 0.3 is 0 Å². The summed E-state index contributed by atoms with van der Waals surface area (Å²) in [4.78, 5) is 0. The van der Waals surface area contributed by atoms with Crippen LogP contribution in [0.25, 0.3) is 10.9 Å². The van der Waals surface area contributed by atoms with Gasteiger partial charge in [-0.15, -0.1) is 0 Å². The molecule has 1 aliphatic rings. The SMILES string of the molecule is CCC1CCCCC1n1ncc2ccc(N)cc21. The monoisotopic (exact) mass is 243 g/mol. The van der Waals surface area contributed by atoms with Crippen LogP contribution in [0.15, 0.2) is 24.4 Å². The van der Waals surface area contributed by atoms with Crippen molar-refractivity contribution in [2.45, 2.75) is 45.1 Å². The highest BCUT2D eigenvalue weighted by atomic mass is 15.3. The van der Waals surface area contributed by atoms with Crippen molar-refractivity contribution >= 4 is 16.6 Å². The third-order valence-electron chi connectivity index (χ3n) is 4.33. The Hall–Kier alpha value is -1.51. The quantitative estimate of drug-likeness (QED) is 0.816. The predicted octanol–water partition coefficient (Wildman–Crippen LogP) is 3.76. The van der Waals surface area contributed by atoms with E-state index < -0.39 is 0 Å². The lowest BCUT2D eigenvalue weighted by Gasteiger charge is -2.31. The van der Waals surface area contributed by atoms with E-state index in [1.807, 2.05) is 12.3 Å². The molecule has 0 saturated heterocycles. The topological polar surface area (TPSA) is 43.8 Å². The molecule has 1 aromatic heterocycles. The molecule has 2 N–H and O–H groups in total. The molecule has 0 bridgehead atoms. The number of nitrogens with two attached hydrogens (primary N) is 1. The standard InChI is InChI=1S/C15H21N3/c1-2-11-5-3-4-6-14(11)18-15-9-13(16)8-7-12(15)10-17-18/h7-11,14H,2-6,16H2,1H3. The molecule has 3 rings (SSSR count). The Morgan fingerprint density at radius 2 is 2.17 bits per heavy atom. The second-order valence-electron chi connectivity index (χ2n) is 5.43. The smallest absolute Gasteiger partial charge is 0.0706 e. The highest BCUT2D eigenvalue weighted by Crippen LogP contribution is 2.37. The molecule has 0 amide bonds. The molecule has 1 heterocycles. The van der Waals surface area contributed by atoms with Gasteiger partial charge in [0.1, 0.15) is 0 Å². The fourth-order valence-electron chi connectivity index (χ4n) is 3.31. The number of nitrogens with zero attached hydrogens (tertiary/aromatic N) is 2. The van der Waals surface area contributed by atoms with Crippen LogP contribution in [0.3, 0.4) is 0 Å². The largest absolute Gasteiger partial charge is 0.399 e. The zero-order chi connectivity index (χ0) is 12.5. The van der Waals surface area contributed by atoms with Gasteiger partial charge in [-0.1, -0.05) is 26.2 Å². The number of nitrogen functional groups attached to an aromatic ring is 1. The molecule has 2 aromatic rings. The van der Waals surface area contributed by atoms with Crippen molar-refractivity contribution in [3.63, 3.8) is 0 Å². The van der Waals surface area contributed by atoms with Crippen molar-refractivity contribution in [3.05, 3.63) is 24.4 Å². The van der Waals surface area contributed by atoms with Gasteiger partial charge < -0.3 is 5.73 Å². The van der Waals surface area contributed by atoms with E-state index in [0.717, 1.165) is 11.6 Å². The second kappa shape index (κ2) is 4.63. The van der Waals surface area contributed by atoms with E-state index in [1.54, 1.807) is 0 Å². The minimum Gasteiger partial charge on any atom is -0.399 e. The fraction of sp³-hybridized carbons (Fsp3) is 0.533. The minimum absolute atomic E-state index is 0.558. The van der Waals surface area contributed by atoms with Crippen molar-refractivity contribution in [3.8, 4) is 0 Å². The molecular weight excluding hydrogens is 222 g/mol. The van der Waals surface area contributed by atoms with E-state index in [9.17, 15) is 0 Å². The van der Waals surface area contributed by atoms with Crippen LogP contribution < -0.4 is 5.73 Å². The summed E-state index contributed by atoms with van der Waals surface area (Å²) in [5.74, 6) is 0.767. The van der Waals surface area contributed by atoms with E-state index in [1.165, 1.54) is 43.0 Å².